The monoisotopic (exact) mass is 358 g/mol. The summed E-state index contributed by atoms with van der Waals surface area (Å²) >= 11 is 0. The highest BCUT2D eigenvalue weighted by molar-refractivity contribution is 7.89. The van der Waals surface area contributed by atoms with Crippen molar-refractivity contribution in [2.75, 3.05) is 12.3 Å². The van der Waals surface area contributed by atoms with E-state index in [-0.39, 0.29) is 5.75 Å². The Morgan fingerprint density at radius 3 is 2.72 bits per heavy atom. The van der Waals surface area contributed by atoms with Gasteiger partial charge < -0.3 is 0 Å². The molecule has 3 rings (SSSR count). The molecule has 25 heavy (non-hydrogen) atoms. The molecule has 0 aliphatic carbocycles. The number of rotatable bonds is 8. The van der Waals surface area contributed by atoms with E-state index < -0.39 is 10.0 Å². The Balaban J connectivity index is 1.45. The molecule has 0 aliphatic heterocycles. The molecule has 0 atom stereocenters. The van der Waals surface area contributed by atoms with E-state index in [0.717, 1.165) is 35.3 Å². The van der Waals surface area contributed by atoms with Gasteiger partial charge in [-0.05, 0) is 37.3 Å². The van der Waals surface area contributed by atoms with Gasteiger partial charge in [0.05, 0.1) is 11.4 Å². The van der Waals surface area contributed by atoms with Gasteiger partial charge in [0.1, 0.15) is 0 Å². The second-order valence-corrected chi connectivity index (χ2v) is 8.03. The Kier molecular flexibility index (Phi) is 5.45. The third kappa shape index (κ3) is 5.11. The molecule has 2 aromatic heterocycles. The minimum absolute atomic E-state index is 0.108. The average Bonchev–Trinajstić information content (AvgIpc) is 2.97. The summed E-state index contributed by atoms with van der Waals surface area (Å²) in [6.07, 6.45) is 5.76. The predicted octanol–water partition coefficient (Wildman–Crippen LogP) is 2.13. The first-order chi connectivity index (χ1) is 12.0. The number of aromatic nitrogens is 3. The van der Waals surface area contributed by atoms with Crippen molar-refractivity contribution in [1.29, 1.82) is 0 Å². The quantitative estimate of drug-likeness (QED) is 0.626. The molecular formula is C18H22N4O2S. The summed E-state index contributed by atoms with van der Waals surface area (Å²) in [5.41, 5.74) is 3.82. The number of hydrogen-bond acceptors (Lipinski definition) is 4. The van der Waals surface area contributed by atoms with Crippen LogP contribution in [-0.4, -0.2) is 35.3 Å². The van der Waals surface area contributed by atoms with Crippen LogP contribution in [0, 0.1) is 6.92 Å². The fourth-order valence-corrected chi connectivity index (χ4v) is 3.76. The fourth-order valence-electron chi connectivity index (χ4n) is 2.65. The smallest absolute Gasteiger partial charge is 0.211 e. The molecule has 6 nitrogen and oxygen atoms in total. The van der Waals surface area contributed by atoms with Crippen molar-refractivity contribution in [3.05, 3.63) is 65.6 Å². The zero-order valence-electron chi connectivity index (χ0n) is 14.2. The van der Waals surface area contributed by atoms with Gasteiger partial charge in [-0.25, -0.2) is 22.6 Å². The van der Waals surface area contributed by atoms with Crippen LogP contribution in [0.5, 0.6) is 0 Å². The van der Waals surface area contributed by atoms with E-state index in [1.165, 1.54) is 0 Å². The summed E-state index contributed by atoms with van der Waals surface area (Å²) in [7, 11) is -3.25. The lowest BCUT2D eigenvalue weighted by Gasteiger charge is -2.07. The molecule has 0 spiro atoms. The molecule has 0 unspecified atom stereocenters. The van der Waals surface area contributed by atoms with E-state index in [9.17, 15) is 8.42 Å². The highest BCUT2D eigenvalue weighted by Crippen LogP contribution is 2.07. The largest absolute Gasteiger partial charge is 0.237 e. The number of benzene rings is 1. The maximum Gasteiger partial charge on any atom is 0.211 e. The second kappa shape index (κ2) is 7.76. The Morgan fingerprint density at radius 2 is 1.92 bits per heavy atom. The molecule has 0 aliphatic rings. The number of nitrogens with zero attached hydrogens (tertiary/aromatic N) is 3. The maximum absolute atomic E-state index is 12.1. The minimum Gasteiger partial charge on any atom is -0.237 e. The standard InChI is InChI=1S/C18H22N4O2S/c1-15-12-18-19-13-17(14-22(18)21-15)8-5-10-20-25(23,24)11-9-16-6-3-2-4-7-16/h2-4,6-7,12-14,20H,5,8-11H2,1H3. The van der Waals surface area contributed by atoms with E-state index in [1.807, 2.05) is 55.7 Å². The summed E-state index contributed by atoms with van der Waals surface area (Å²) in [6, 6.07) is 11.6. The van der Waals surface area contributed by atoms with Crippen LogP contribution >= 0.6 is 0 Å². The van der Waals surface area contributed by atoms with Gasteiger partial charge in [-0.15, -0.1) is 0 Å². The molecule has 0 amide bonds. The molecule has 1 N–H and O–H groups in total. The van der Waals surface area contributed by atoms with Gasteiger partial charge in [-0.2, -0.15) is 5.10 Å². The molecule has 0 bridgehead atoms. The zero-order chi connectivity index (χ0) is 17.7. The van der Waals surface area contributed by atoms with Crippen molar-refractivity contribution in [2.24, 2.45) is 0 Å². The van der Waals surface area contributed by atoms with Crippen LogP contribution in [0.4, 0.5) is 0 Å². The third-order valence-corrected chi connectivity index (χ3v) is 5.34. The lowest BCUT2D eigenvalue weighted by Crippen LogP contribution is -2.28. The van der Waals surface area contributed by atoms with Crippen molar-refractivity contribution in [3.8, 4) is 0 Å². The number of nitrogens with one attached hydrogen (secondary N) is 1. The molecule has 2 heterocycles. The van der Waals surface area contributed by atoms with Crippen molar-refractivity contribution >= 4 is 15.7 Å². The van der Waals surface area contributed by atoms with Crippen LogP contribution in [0.1, 0.15) is 23.2 Å². The Hall–Kier alpha value is -2.25. The van der Waals surface area contributed by atoms with E-state index in [4.69, 9.17) is 0 Å². The second-order valence-electron chi connectivity index (χ2n) is 6.10. The lowest BCUT2D eigenvalue weighted by molar-refractivity contribution is 0.578. The Morgan fingerprint density at radius 1 is 1.12 bits per heavy atom. The van der Waals surface area contributed by atoms with Crippen LogP contribution < -0.4 is 4.72 Å². The van der Waals surface area contributed by atoms with Crippen molar-refractivity contribution in [3.63, 3.8) is 0 Å². The van der Waals surface area contributed by atoms with Crippen LogP contribution in [0.25, 0.3) is 5.65 Å². The predicted molar refractivity (Wildman–Crippen MR) is 98.0 cm³/mol. The summed E-state index contributed by atoms with van der Waals surface area (Å²) in [5.74, 6) is 0.108. The van der Waals surface area contributed by atoms with E-state index in [1.54, 1.807) is 4.52 Å². The van der Waals surface area contributed by atoms with E-state index in [2.05, 4.69) is 14.8 Å². The van der Waals surface area contributed by atoms with Crippen LogP contribution in [0.2, 0.25) is 0 Å². The number of fused-ring (bicyclic) bond motifs is 1. The van der Waals surface area contributed by atoms with E-state index >= 15 is 0 Å². The molecular weight excluding hydrogens is 336 g/mol. The zero-order valence-corrected chi connectivity index (χ0v) is 15.0. The number of sulfonamides is 1. The van der Waals surface area contributed by atoms with Crippen molar-refractivity contribution in [1.82, 2.24) is 19.3 Å². The normalized spacial score (nSPS) is 11.9. The molecule has 0 saturated heterocycles. The summed E-state index contributed by atoms with van der Waals surface area (Å²) < 4.78 is 28.5. The van der Waals surface area contributed by atoms with Crippen molar-refractivity contribution < 1.29 is 8.42 Å². The summed E-state index contributed by atoms with van der Waals surface area (Å²) in [4.78, 5) is 4.35. The first kappa shape index (κ1) is 17.6. The van der Waals surface area contributed by atoms with Gasteiger partial charge in [0.2, 0.25) is 10.0 Å². The van der Waals surface area contributed by atoms with Crippen molar-refractivity contribution in [2.45, 2.75) is 26.2 Å². The fraction of sp³-hybridized carbons (Fsp3) is 0.333. The highest BCUT2D eigenvalue weighted by atomic mass is 32.2. The summed E-state index contributed by atoms with van der Waals surface area (Å²) in [6.45, 7) is 2.35. The third-order valence-electron chi connectivity index (χ3n) is 3.96. The first-order valence-electron chi connectivity index (χ1n) is 8.34. The number of aryl methyl sites for hydroxylation is 3. The molecule has 132 valence electrons. The molecule has 0 fully saturated rings. The van der Waals surface area contributed by atoms with Gasteiger partial charge in [0.25, 0.3) is 0 Å². The highest BCUT2D eigenvalue weighted by Gasteiger charge is 2.09. The maximum atomic E-state index is 12.1. The first-order valence-corrected chi connectivity index (χ1v) is 9.99. The summed E-state index contributed by atoms with van der Waals surface area (Å²) in [5, 5.41) is 4.34. The van der Waals surface area contributed by atoms with E-state index in [0.29, 0.717) is 13.0 Å². The topological polar surface area (TPSA) is 76.4 Å². The molecule has 1 aromatic carbocycles. The van der Waals surface area contributed by atoms with Gasteiger partial charge in [-0.3, -0.25) is 0 Å². The van der Waals surface area contributed by atoms with Gasteiger partial charge in [-0.1, -0.05) is 30.3 Å². The van der Waals surface area contributed by atoms with Crippen LogP contribution in [0.15, 0.2) is 48.8 Å². The number of hydrogen-bond donors (Lipinski definition) is 1. The van der Waals surface area contributed by atoms with Gasteiger partial charge in [0.15, 0.2) is 5.65 Å². The lowest BCUT2D eigenvalue weighted by atomic mass is 10.2. The van der Waals surface area contributed by atoms with Crippen LogP contribution in [0.3, 0.4) is 0 Å². The molecule has 7 heteroatoms. The Labute approximate surface area is 148 Å². The van der Waals surface area contributed by atoms with Gasteiger partial charge >= 0.3 is 0 Å². The van der Waals surface area contributed by atoms with Gasteiger partial charge in [0, 0.05) is 25.0 Å². The molecule has 0 radical (unpaired) electrons. The average molecular weight is 358 g/mol. The Bertz CT molecular complexity index is 936. The minimum atomic E-state index is -3.25. The molecule has 0 saturated carbocycles. The SMILES string of the molecule is Cc1cc2ncc(CCCNS(=O)(=O)CCc3ccccc3)cn2n1. The van der Waals surface area contributed by atoms with Crippen LogP contribution in [-0.2, 0) is 22.9 Å². The molecule has 3 aromatic rings.